The topological polar surface area (TPSA) is 69.9 Å². The van der Waals surface area contributed by atoms with Crippen molar-refractivity contribution in [2.75, 3.05) is 0 Å². The number of hydrogen-bond donors (Lipinski definition) is 3. The summed E-state index contributed by atoms with van der Waals surface area (Å²) >= 11 is 5.48. The molecule has 3 radical (unpaired) electrons. The van der Waals surface area contributed by atoms with Gasteiger partial charge < -0.3 is 20.1 Å². The summed E-state index contributed by atoms with van der Waals surface area (Å²) in [6, 6.07) is 0. The van der Waals surface area contributed by atoms with Crippen LogP contribution in [-0.4, -0.2) is 45.3 Å². The van der Waals surface area contributed by atoms with Crippen LogP contribution in [-0.2, 0) is 4.74 Å². The van der Waals surface area contributed by atoms with Gasteiger partial charge in [-0.05, 0) is 6.92 Å². The fourth-order valence-corrected chi connectivity index (χ4v) is 1.31. The third-order valence-corrected chi connectivity index (χ3v) is 2.15. The number of ether oxygens (including phenoxy) is 1. The van der Waals surface area contributed by atoms with Gasteiger partial charge in [0.2, 0.25) is 0 Å². The van der Waals surface area contributed by atoms with Crippen molar-refractivity contribution >= 4 is 11.6 Å². The molecule has 5 atom stereocenters. The Hall–Kier alpha value is 4.45. The van der Waals surface area contributed by atoms with Gasteiger partial charge in [0.1, 0.15) is 18.3 Å². The third-order valence-electron chi connectivity index (χ3n) is 1.79. The van der Waals surface area contributed by atoms with Crippen LogP contribution in [0.3, 0.4) is 0 Å². The molecule has 1 aliphatic heterocycles. The summed E-state index contributed by atoms with van der Waals surface area (Å²) in [6.45, 7) is 1.58. The molecule has 1 heterocycles. The van der Waals surface area contributed by atoms with E-state index >= 15 is 0 Å². The molecule has 75 valence electrons. The number of aliphatic hydroxyl groups excluding tert-OH is 3. The van der Waals surface area contributed by atoms with Gasteiger partial charge in [-0.15, -0.1) is 0 Å². The Morgan fingerprint density at radius 3 is 1.79 bits per heavy atom. The molecule has 0 saturated carbocycles. The van der Waals surface area contributed by atoms with E-state index in [-0.39, 0.29) is 132 Å². The molecule has 3 N–H and O–H groups in total. The van der Waals surface area contributed by atoms with Crippen molar-refractivity contribution in [3.8, 4) is 0 Å². The predicted molar refractivity (Wildman–Crippen MR) is 38.2 cm³/mol. The maximum Gasteiger partial charge on any atom is 0.160 e. The zero-order valence-corrected chi connectivity index (χ0v) is 22.7. The third kappa shape index (κ3) is 6.57. The molecular formula is C6H11Ac3ClO4. The fourth-order valence-electron chi connectivity index (χ4n) is 1.00. The molecule has 0 aromatic carbocycles. The second-order valence-electron chi connectivity index (χ2n) is 2.66. The number of aliphatic hydroxyl groups is 3. The van der Waals surface area contributed by atoms with E-state index in [0.29, 0.717) is 0 Å². The first-order valence-electron chi connectivity index (χ1n) is 3.37. The molecule has 0 aromatic heterocycles. The van der Waals surface area contributed by atoms with Gasteiger partial charge in [-0.25, -0.2) is 0 Å². The van der Waals surface area contributed by atoms with E-state index < -0.39 is 30.0 Å². The molecule has 5 unspecified atom stereocenters. The minimum atomic E-state index is -1.22. The molecule has 0 spiro atoms. The zero-order valence-electron chi connectivity index (χ0n) is 7.75. The summed E-state index contributed by atoms with van der Waals surface area (Å²) in [5, 5.41) is 27.3. The van der Waals surface area contributed by atoms with E-state index in [9.17, 15) is 0 Å². The first-order valence-corrected chi connectivity index (χ1v) is 3.81. The molecule has 1 saturated heterocycles. The van der Waals surface area contributed by atoms with E-state index in [4.69, 9.17) is 31.7 Å². The molecule has 8 heteroatoms. The Morgan fingerprint density at radius 2 is 1.36 bits per heavy atom. The van der Waals surface area contributed by atoms with E-state index in [0.717, 1.165) is 0 Å². The maximum absolute atomic E-state index is 9.14. The van der Waals surface area contributed by atoms with Crippen molar-refractivity contribution in [3.63, 3.8) is 0 Å². The van der Waals surface area contributed by atoms with Crippen molar-refractivity contribution in [2.45, 2.75) is 36.9 Å². The van der Waals surface area contributed by atoms with Crippen molar-refractivity contribution < 1.29 is 152 Å². The Labute approximate surface area is 196 Å². The number of alkyl halides is 1. The van der Waals surface area contributed by atoms with Gasteiger partial charge in [-0.2, -0.15) is 0 Å². The quantitative estimate of drug-likeness (QED) is 0.276. The molecule has 14 heavy (non-hydrogen) atoms. The van der Waals surface area contributed by atoms with Crippen molar-refractivity contribution in [3.05, 3.63) is 0 Å². The van der Waals surface area contributed by atoms with Gasteiger partial charge in [0.25, 0.3) is 0 Å². The molecule has 1 aliphatic rings. The molecule has 4 nitrogen and oxygen atoms in total. The van der Waals surface area contributed by atoms with Crippen LogP contribution in [0, 0.1) is 132 Å². The summed E-state index contributed by atoms with van der Waals surface area (Å²) in [5.74, 6) is 0. The van der Waals surface area contributed by atoms with Crippen molar-refractivity contribution in [1.82, 2.24) is 0 Å². The number of rotatable bonds is 0. The van der Waals surface area contributed by atoms with Crippen LogP contribution in [0.1, 0.15) is 6.92 Å². The maximum atomic E-state index is 9.14. The van der Waals surface area contributed by atoms with Crippen LogP contribution >= 0.6 is 11.6 Å². The molecular weight excluding hydrogens is 853 g/mol. The Morgan fingerprint density at radius 1 is 0.929 bits per heavy atom. The minimum absolute atomic E-state index is 0. The molecule has 1 rings (SSSR count). The number of hydrogen-bond acceptors (Lipinski definition) is 4. The van der Waals surface area contributed by atoms with Crippen LogP contribution in [0.5, 0.6) is 0 Å². The van der Waals surface area contributed by atoms with Crippen molar-refractivity contribution in [2.24, 2.45) is 0 Å². The largest absolute Gasteiger partial charge is 0.388 e. The Balaban J connectivity index is -0.000000403. The monoisotopic (exact) mass is 863 g/mol. The molecule has 0 aliphatic carbocycles. The van der Waals surface area contributed by atoms with Crippen molar-refractivity contribution in [1.29, 1.82) is 0 Å². The summed E-state index contributed by atoms with van der Waals surface area (Å²) in [4.78, 5) is 0. The van der Waals surface area contributed by atoms with E-state index in [2.05, 4.69) is 0 Å². The Bertz CT molecular complexity index is 139. The summed E-state index contributed by atoms with van der Waals surface area (Å²) < 4.78 is 4.89. The van der Waals surface area contributed by atoms with Crippen LogP contribution < -0.4 is 0 Å². The second-order valence-corrected chi connectivity index (χ2v) is 3.09. The van der Waals surface area contributed by atoms with Gasteiger partial charge in [0, 0.05) is 132 Å². The standard InChI is InChI=1S/C6H11ClO4.3Ac/c1-2-3(8)4(9)5(10)6(7)11-2;;;/h2-6,8-10H,1H3;;;. The zero-order chi connectivity index (χ0) is 8.59. The molecule has 0 amide bonds. The van der Waals surface area contributed by atoms with E-state index in [1.165, 1.54) is 0 Å². The average molecular weight is 864 g/mol. The normalized spacial score (nSPS) is 41.4. The smallest absolute Gasteiger partial charge is 0.160 e. The first kappa shape index (κ1) is 23.5. The van der Waals surface area contributed by atoms with Crippen LogP contribution in [0.4, 0.5) is 0 Å². The van der Waals surface area contributed by atoms with Gasteiger partial charge in [-0.3, -0.25) is 0 Å². The Kier molecular flexibility index (Phi) is 19.0. The van der Waals surface area contributed by atoms with Crippen LogP contribution in [0.2, 0.25) is 0 Å². The van der Waals surface area contributed by atoms with E-state index in [1.54, 1.807) is 6.92 Å². The SMILES string of the molecule is CC1OC(Cl)C(O)C(O)C1O.[Ac].[Ac].[Ac]. The van der Waals surface area contributed by atoms with Crippen LogP contribution in [0.15, 0.2) is 0 Å². The van der Waals surface area contributed by atoms with Gasteiger partial charge in [0.05, 0.1) is 6.10 Å². The molecule has 1 fully saturated rings. The average Bonchev–Trinajstić information content (AvgIpc) is 1.97. The van der Waals surface area contributed by atoms with Gasteiger partial charge >= 0.3 is 0 Å². The van der Waals surface area contributed by atoms with Gasteiger partial charge in [-0.1, -0.05) is 11.6 Å². The van der Waals surface area contributed by atoms with Gasteiger partial charge in [0.15, 0.2) is 5.56 Å². The summed E-state index contributed by atoms with van der Waals surface area (Å²) in [5.41, 5.74) is -0.941. The molecule has 0 aromatic rings. The summed E-state index contributed by atoms with van der Waals surface area (Å²) in [6.07, 6.45) is -4.06. The van der Waals surface area contributed by atoms with E-state index in [1.807, 2.05) is 0 Å². The second kappa shape index (κ2) is 11.3. The molecule has 0 bridgehead atoms. The number of halogens is 1. The minimum Gasteiger partial charge on any atom is -0.388 e. The predicted octanol–water partition coefficient (Wildman–Crippen LogP) is -0.947. The van der Waals surface area contributed by atoms with Crippen LogP contribution in [0.25, 0.3) is 0 Å². The first-order chi connectivity index (χ1) is 5.04. The summed E-state index contributed by atoms with van der Waals surface area (Å²) in [7, 11) is 0. The fraction of sp³-hybridized carbons (Fsp3) is 1.00.